The van der Waals surface area contributed by atoms with Crippen molar-refractivity contribution in [3.05, 3.63) is 0 Å². The van der Waals surface area contributed by atoms with Gasteiger partial charge in [0.05, 0.1) is 5.92 Å². The van der Waals surface area contributed by atoms with Crippen LogP contribution < -0.4 is 0 Å². The summed E-state index contributed by atoms with van der Waals surface area (Å²) in [4.78, 5) is 12.5. The normalized spacial score (nSPS) is 51.7. The van der Waals surface area contributed by atoms with Gasteiger partial charge in [-0.2, -0.15) is 13.2 Å². The number of alkyl halides is 3. The summed E-state index contributed by atoms with van der Waals surface area (Å²) in [6.07, 6.45) is 2.16. The van der Waals surface area contributed by atoms with Crippen LogP contribution in [0, 0.1) is 46.8 Å². The van der Waals surface area contributed by atoms with Crippen molar-refractivity contribution in [3.8, 4) is 0 Å². The second-order valence-electron chi connectivity index (χ2n) is 9.47. The van der Waals surface area contributed by atoms with Gasteiger partial charge in [-0.3, -0.25) is 4.79 Å². The monoisotopic (exact) mass is 342 g/mol. The number of fused-ring (bicyclic) bond motifs is 5. The predicted molar refractivity (Wildman–Crippen MR) is 86.2 cm³/mol. The molecule has 0 amide bonds. The lowest BCUT2D eigenvalue weighted by molar-refractivity contribution is -0.196. The standard InChI is InChI=1S/C20H29F3O/c1-11-9-17(24)19(2)8-7-15-14-6-4-13(20(21,22)23)10-12(14)3-5-16(15)18(11)19/h11-16,18H,3-10H2,1-2H3/t11?,12?,13?,14-,15?,16?,18?,19?/m0/s1. The van der Waals surface area contributed by atoms with Crippen LogP contribution in [-0.2, 0) is 4.79 Å². The summed E-state index contributed by atoms with van der Waals surface area (Å²) in [5.41, 5.74) is -0.142. The summed E-state index contributed by atoms with van der Waals surface area (Å²) in [5, 5.41) is 0. The van der Waals surface area contributed by atoms with Crippen molar-refractivity contribution < 1.29 is 18.0 Å². The van der Waals surface area contributed by atoms with E-state index in [1.165, 1.54) is 0 Å². The van der Waals surface area contributed by atoms with Crippen LogP contribution >= 0.6 is 0 Å². The largest absolute Gasteiger partial charge is 0.391 e. The van der Waals surface area contributed by atoms with Gasteiger partial charge in [0.1, 0.15) is 5.78 Å². The van der Waals surface area contributed by atoms with Crippen molar-refractivity contribution in [3.63, 3.8) is 0 Å². The van der Waals surface area contributed by atoms with Crippen molar-refractivity contribution in [2.75, 3.05) is 0 Å². The zero-order valence-corrected chi connectivity index (χ0v) is 14.7. The zero-order chi connectivity index (χ0) is 17.3. The van der Waals surface area contributed by atoms with Gasteiger partial charge in [0.15, 0.2) is 0 Å². The molecule has 136 valence electrons. The fourth-order valence-corrected chi connectivity index (χ4v) is 7.43. The summed E-state index contributed by atoms with van der Waals surface area (Å²) < 4.78 is 39.3. The predicted octanol–water partition coefficient (Wildman–Crippen LogP) is 5.63. The Bertz CT molecular complexity index is 527. The van der Waals surface area contributed by atoms with Crippen LogP contribution in [0.25, 0.3) is 0 Å². The van der Waals surface area contributed by atoms with Crippen LogP contribution in [0.5, 0.6) is 0 Å². The first-order valence-electron chi connectivity index (χ1n) is 9.82. The minimum absolute atomic E-state index is 0.142. The van der Waals surface area contributed by atoms with Crippen LogP contribution in [0.1, 0.15) is 65.2 Å². The van der Waals surface area contributed by atoms with Gasteiger partial charge in [0, 0.05) is 11.8 Å². The van der Waals surface area contributed by atoms with Crippen LogP contribution in [0.15, 0.2) is 0 Å². The van der Waals surface area contributed by atoms with Crippen molar-refractivity contribution in [1.29, 1.82) is 0 Å². The van der Waals surface area contributed by atoms with E-state index in [4.69, 9.17) is 0 Å². The van der Waals surface area contributed by atoms with Crippen LogP contribution in [0.3, 0.4) is 0 Å². The van der Waals surface area contributed by atoms with E-state index in [-0.39, 0.29) is 11.3 Å². The second-order valence-corrected chi connectivity index (χ2v) is 9.47. The summed E-state index contributed by atoms with van der Waals surface area (Å²) in [5.74, 6) is 2.21. The molecule has 0 spiro atoms. The van der Waals surface area contributed by atoms with Crippen molar-refractivity contribution in [1.82, 2.24) is 0 Å². The number of rotatable bonds is 0. The maximum absolute atomic E-state index is 13.1. The van der Waals surface area contributed by atoms with Crippen molar-refractivity contribution >= 4 is 5.78 Å². The van der Waals surface area contributed by atoms with Gasteiger partial charge in [-0.05, 0) is 80.5 Å². The SMILES string of the molecule is CC1CC(=O)C2(C)CCC3C(CCC4CC(C(F)(F)F)CC[C@@H]43)C12. The molecule has 0 aromatic carbocycles. The van der Waals surface area contributed by atoms with E-state index in [1.807, 2.05) is 0 Å². The molecule has 0 heterocycles. The number of Topliss-reactive ketones (excluding diaryl/α,β-unsaturated/α-hetero) is 1. The number of hydrogen-bond donors (Lipinski definition) is 0. The summed E-state index contributed by atoms with van der Waals surface area (Å²) in [6, 6.07) is 0. The average Bonchev–Trinajstić information content (AvgIpc) is 2.75. The van der Waals surface area contributed by atoms with Crippen LogP contribution in [0.2, 0.25) is 0 Å². The zero-order valence-electron chi connectivity index (χ0n) is 14.7. The van der Waals surface area contributed by atoms with Crippen LogP contribution in [0.4, 0.5) is 13.2 Å². The highest BCUT2D eigenvalue weighted by Gasteiger charge is 2.60. The highest BCUT2D eigenvalue weighted by molar-refractivity contribution is 5.87. The molecule has 4 aliphatic carbocycles. The summed E-state index contributed by atoms with van der Waals surface area (Å²) in [7, 11) is 0. The second kappa shape index (κ2) is 5.48. The number of ketones is 1. The van der Waals surface area contributed by atoms with Crippen molar-refractivity contribution in [2.24, 2.45) is 46.8 Å². The lowest BCUT2D eigenvalue weighted by atomic mass is 9.49. The number of halogens is 3. The molecule has 4 rings (SSSR count). The van der Waals surface area contributed by atoms with E-state index in [9.17, 15) is 18.0 Å². The smallest absolute Gasteiger partial charge is 0.299 e. The van der Waals surface area contributed by atoms with Gasteiger partial charge in [-0.1, -0.05) is 13.8 Å². The fourth-order valence-electron chi connectivity index (χ4n) is 7.43. The average molecular weight is 342 g/mol. The molecule has 4 aliphatic rings. The minimum atomic E-state index is -4.01. The third-order valence-electron chi connectivity index (χ3n) is 8.43. The van der Waals surface area contributed by atoms with Crippen LogP contribution in [-0.4, -0.2) is 12.0 Å². The Kier molecular flexibility index (Phi) is 3.86. The Hall–Kier alpha value is -0.540. The molecule has 0 bridgehead atoms. The van der Waals surface area contributed by atoms with E-state index < -0.39 is 12.1 Å². The Morgan fingerprint density at radius 2 is 1.71 bits per heavy atom. The molecule has 4 fully saturated rings. The molecule has 4 saturated carbocycles. The van der Waals surface area contributed by atoms with E-state index in [0.717, 1.165) is 32.1 Å². The topological polar surface area (TPSA) is 17.1 Å². The summed E-state index contributed by atoms with van der Waals surface area (Å²) >= 11 is 0. The Balaban J connectivity index is 1.54. The van der Waals surface area contributed by atoms with Gasteiger partial charge < -0.3 is 0 Å². The van der Waals surface area contributed by atoms with E-state index in [1.54, 1.807) is 0 Å². The molecule has 1 nitrogen and oxygen atoms in total. The molecule has 0 aromatic rings. The molecule has 7 unspecified atom stereocenters. The Morgan fingerprint density at radius 1 is 1.00 bits per heavy atom. The highest BCUT2D eigenvalue weighted by atomic mass is 19.4. The Morgan fingerprint density at radius 3 is 2.42 bits per heavy atom. The molecule has 0 aliphatic heterocycles. The van der Waals surface area contributed by atoms with Crippen molar-refractivity contribution in [2.45, 2.75) is 71.4 Å². The van der Waals surface area contributed by atoms with Gasteiger partial charge in [0.2, 0.25) is 0 Å². The first kappa shape index (κ1) is 16.9. The van der Waals surface area contributed by atoms with Gasteiger partial charge in [0.25, 0.3) is 0 Å². The molecule has 4 heteroatoms. The van der Waals surface area contributed by atoms with E-state index in [0.29, 0.717) is 54.6 Å². The molecule has 0 aromatic heterocycles. The molecule has 0 N–H and O–H groups in total. The maximum Gasteiger partial charge on any atom is 0.391 e. The summed E-state index contributed by atoms with van der Waals surface area (Å²) in [6.45, 7) is 4.40. The van der Waals surface area contributed by atoms with E-state index in [2.05, 4.69) is 13.8 Å². The number of carbonyl (C=O) groups is 1. The molecular formula is C20H29F3O. The molecule has 24 heavy (non-hydrogen) atoms. The van der Waals surface area contributed by atoms with Gasteiger partial charge >= 0.3 is 6.18 Å². The number of carbonyl (C=O) groups excluding carboxylic acids is 1. The highest BCUT2D eigenvalue weighted by Crippen LogP contribution is 2.63. The molecule has 0 radical (unpaired) electrons. The quantitative estimate of drug-likeness (QED) is 0.557. The minimum Gasteiger partial charge on any atom is -0.299 e. The molecule has 8 atom stereocenters. The van der Waals surface area contributed by atoms with Gasteiger partial charge in [-0.15, -0.1) is 0 Å². The maximum atomic E-state index is 13.1. The third-order valence-corrected chi connectivity index (χ3v) is 8.43. The Labute approximate surface area is 142 Å². The number of hydrogen-bond acceptors (Lipinski definition) is 1. The van der Waals surface area contributed by atoms with E-state index >= 15 is 0 Å². The molecule has 0 saturated heterocycles. The first-order valence-corrected chi connectivity index (χ1v) is 9.82. The third kappa shape index (κ3) is 2.38. The molecular weight excluding hydrogens is 313 g/mol. The van der Waals surface area contributed by atoms with Gasteiger partial charge in [-0.25, -0.2) is 0 Å². The lowest BCUT2D eigenvalue weighted by Crippen LogP contribution is -2.50. The first-order chi connectivity index (χ1) is 11.2. The fraction of sp³-hybridized carbons (Fsp3) is 0.950. The lowest BCUT2D eigenvalue weighted by Gasteiger charge is -2.55.